The largest absolute Gasteiger partial charge is 0.494 e. The van der Waals surface area contributed by atoms with Crippen LogP contribution in [0.4, 0.5) is 4.39 Å². The molecule has 1 aliphatic carbocycles. The SMILES string of the molecule is COc1cc([C@@H](C)N[C@H]2CC[C@@H](c3ccc(OCC(=O)NCCNCCO)cc3)C2)ccc1F. The van der Waals surface area contributed by atoms with E-state index in [1.165, 1.54) is 18.7 Å². The van der Waals surface area contributed by atoms with Gasteiger partial charge in [0.25, 0.3) is 5.91 Å². The van der Waals surface area contributed by atoms with E-state index >= 15 is 0 Å². The van der Waals surface area contributed by atoms with Gasteiger partial charge in [-0.25, -0.2) is 4.39 Å². The third-order valence-corrected chi connectivity index (χ3v) is 6.23. The molecule has 0 radical (unpaired) electrons. The van der Waals surface area contributed by atoms with Crippen molar-refractivity contribution in [1.29, 1.82) is 0 Å². The van der Waals surface area contributed by atoms with Gasteiger partial charge in [-0.3, -0.25) is 4.79 Å². The fourth-order valence-electron chi connectivity index (χ4n) is 4.36. The number of halogens is 1. The van der Waals surface area contributed by atoms with Crippen molar-refractivity contribution in [3.05, 3.63) is 59.4 Å². The van der Waals surface area contributed by atoms with E-state index in [4.69, 9.17) is 14.6 Å². The maximum atomic E-state index is 13.7. The van der Waals surface area contributed by atoms with Gasteiger partial charge >= 0.3 is 0 Å². The first kappa shape index (κ1) is 25.9. The van der Waals surface area contributed by atoms with Gasteiger partial charge in [0, 0.05) is 31.7 Å². The molecular weight excluding hydrogens is 437 g/mol. The van der Waals surface area contributed by atoms with Crippen molar-refractivity contribution in [1.82, 2.24) is 16.0 Å². The van der Waals surface area contributed by atoms with Gasteiger partial charge < -0.3 is 30.5 Å². The van der Waals surface area contributed by atoms with Crippen molar-refractivity contribution in [3.63, 3.8) is 0 Å². The van der Waals surface area contributed by atoms with Crippen LogP contribution in [0, 0.1) is 5.82 Å². The van der Waals surface area contributed by atoms with Crippen LogP contribution in [0.15, 0.2) is 42.5 Å². The normalized spacial score (nSPS) is 18.5. The second kappa shape index (κ2) is 13.3. The number of amides is 1. The summed E-state index contributed by atoms with van der Waals surface area (Å²) in [5, 5.41) is 18.1. The Labute approximate surface area is 201 Å². The molecule has 34 heavy (non-hydrogen) atoms. The summed E-state index contributed by atoms with van der Waals surface area (Å²) in [4.78, 5) is 11.9. The molecule has 4 N–H and O–H groups in total. The quantitative estimate of drug-likeness (QED) is 0.335. The van der Waals surface area contributed by atoms with Gasteiger partial charge in [0.1, 0.15) is 5.75 Å². The van der Waals surface area contributed by atoms with Gasteiger partial charge in [-0.15, -0.1) is 0 Å². The zero-order valence-electron chi connectivity index (χ0n) is 20.0. The number of aliphatic hydroxyl groups is 1. The standard InChI is InChI=1S/C26H36FN3O4/c1-18(20-6-10-24(27)25(16-20)33-2)30-22-7-3-21(15-22)19-4-8-23(9-5-19)34-17-26(32)29-12-11-28-13-14-31/h4-6,8-10,16,18,21-22,28,30-31H,3,7,11-15,17H2,1-2H3,(H,29,32)/t18-,21-,22+/m1/s1. The van der Waals surface area contributed by atoms with Crippen molar-refractivity contribution in [2.45, 2.75) is 44.2 Å². The smallest absolute Gasteiger partial charge is 0.257 e. The highest BCUT2D eigenvalue weighted by atomic mass is 19.1. The molecule has 0 spiro atoms. The first-order chi connectivity index (χ1) is 16.5. The van der Waals surface area contributed by atoms with E-state index in [0.29, 0.717) is 37.3 Å². The lowest BCUT2D eigenvalue weighted by Gasteiger charge is -2.21. The van der Waals surface area contributed by atoms with E-state index in [0.717, 1.165) is 24.8 Å². The first-order valence-corrected chi connectivity index (χ1v) is 11.9. The van der Waals surface area contributed by atoms with Crippen LogP contribution in [-0.2, 0) is 4.79 Å². The number of aliphatic hydroxyl groups excluding tert-OH is 1. The molecule has 8 heteroatoms. The van der Waals surface area contributed by atoms with Crippen molar-refractivity contribution >= 4 is 5.91 Å². The Hall–Kier alpha value is -2.68. The first-order valence-electron chi connectivity index (χ1n) is 11.9. The molecule has 0 aromatic heterocycles. The molecule has 186 valence electrons. The number of hydrogen-bond donors (Lipinski definition) is 4. The number of methoxy groups -OCH3 is 1. The molecule has 3 atom stereocenters. The van der Waals surface area contributed by atoms with Crippen LogP contribution < -0.4 is 25.4 Å². The van der Waals surface area contributed by atoms with Gasteiger partial charge in [-0.2, -0.15) is 0 Å². The molecule has 0 heterocycles. The highest BCUT2D eigenvalue weighted by Crippen LogP contribution is 2.36. The summed E-state index contributed by atoms with van der Waals surface area (Å²) >= 11 is 0. The van der Waals surface area contributed by atoms with Crippen LogP contribution in [0.25, 0.3) is 0 Å². The maximum Gasteiger partial charge on any atom is 0.257 e. The lowest BCUT2D eigenvalue weighted by atomic mass is 9.97. The van der Waals surface area contributed by atoms with Crippen LogP contribution in [0.1, 0.15) is 49.3 Å². The molecule has 0 bridgehead atoms. The molecule has 1 amide bonds. The average Bonchev–Trinajstić information content (AvgIpc) is 3.31. The summed E-state index contributed by atoms with van der Waals surface area (Å²) in [6.07, 6.45) is 3.22. The fraction of sp³-hybridized carbons (Fsp3) is 0.500. The average molecular weight is 474 g/mol. The van der Waals surface area contributed by atoms with E-state index in [2.05, 4.69) is 35.0 Å². The molecule has 2 aromatic rings. The molecule has 0 unspecified atom stereocenters. The molecule has 0 aliphatic heterocycles. The Morgan fingerprint density at radius 2 is 1.94 bits per heavy atom. The Balaban J connectivity index is 1.42. The van der Waals surface area contributed by atoms with E-state index in [1.54, 1.807) is 12.1 Å². The Morgan fingerprint density at radius 3 is 2.68 bits per heavy atom. The lowest BCUT2D eigenvalue weighted by Crippen LogP contribution is -2.35. The van der Waals surface area contributed by atoms with Crippen LogP contribution in [0.3, 0.4) is 0 Å². The molecule has 1 fully saturated rings. The number of rotatable bonds is 13. The van der Waals surface area contributed by atoms with Gasteiger partial charge in [0.15, 0.2) is 18.2 Å². The Bertz CT molecular complexity index is 909. The predicted octanol–water partition coefficient (Wildman–Crippen LogP) is 2.90. The van der Waals surface area contributed by atoms with E-state index in [9.17, 15) is 9.18 Å². The van der Waals surface area contributed by atoms with Gasteiger partial charge in [-0.1, -0.05) is 18.2 Å². The summed E-state index contributed by atoms with van der Waals surface area (Å²) in [6.45, 7) is 3.75. The fourth-order valence-corrected chi connectivity index (χ4v) is 4.36. The van der Waals surface area contributed by atoms with Crippen molar-refractivity contribution < 1.29 is 23.8 Å². The van der Waals surface area contributed by atoms with Gasteiger partial charge in [0.2, 0.25) is 0 Å². The molecule has 0 saturated heterocycles. The van der Waals surface area contributed by atoms with Crippen molar-refractivity contribution in [3.8, 4) is 11.5 Å². The minimum Gasteiger partial charge on any atom is -0.494 e. The van der Waals surface area contributed by atoms with Crippen molar-refractivity contribution in [2.75, 3.05) is 40.0 Å². The topological polar surface area (TPSA) is 91.9 Å². The maximum absolute atomic E-state index is 13.7. The highest BCUT2D eigenvalue weighted by molar-refractivity contribution is 5.77. The highest BCUT2D eigenvalue weighted by Gasteiger charge is 2.27. The molecule has 2 aromatic carbocycles. The van der Waals surface area contributed by atoms with Gasteiger partial charge in [0.05, 0.1) is 13.7 Å². The zero-order chi connectivity index (χ0) is 24.3. The minimum atomic E-state index is -0.348. The third kappa shape index (κ3) is 7.68. The zero-order valence-corrected chi connectivity index (χ0v) is 20.0. The van der Waals surface area contributed by atoms with Crippen molar-refractivity contribution in [2.24, 2.45) is 0 Å². The molecular formula is C26H36FN3O4. The van der Waals surface area contributed by atoms with E-state index in [1.807, 2.05) is 12.1 Å². The number of carbonyl (C=O) groups excluding carboxylic acids is 1. The van der Waals surface area contributed by atoms with Crippen LogP contribution in [0.2, 0.25) is 0 Å². The number of benzene rings is 2. The summed E-state index contributed by atoms with van der Waals surface area (Å²) < 4.78 is 24.4. The van der Waals surface area contributed by atoms with Gasteiger partial charge in [-0.05, 0) is 67.5 Å². The van der Waals surface area contributed by atoms with E-state index < -0.39 is 0 Å². The summed E-state index contributed by atoms with van der Waals surface area (Å²) in [5.74, 6) is 0.886. The number of nitrogens with one attached hydrogen (secondary N) is 3. The minimum absolute atomic E-state index is 0.0270. The number of ether oxygens (including phenoxy) is 2. The third-order valence-electron chi connectivity index (χ3n) is 6.23. The summed E-state index contributed by atoms with van der Waals surface area (Å²) in [6, 6.07) is 13.5. The predicted molar refractivity (Wildman–Crippen MR) is 130 cm³/mol. The number of hydrogen-bond acceptors (Lipinski definition) is 6. The van der Waals surface area contributed by atoms with Crippen LogP contribution in [0.5, 0.6) is 11.5 Å². The molecule has 7 nitrogen and oxygen atoms in total. The Kier molecular flexibility index (Phi) is 10.1. The van der Waals surface area contributed by atoms with E-state index in [-0.39, 0.29) is 36.7 Å². The van der Waals surface area contributed by atoms with Crippen LogP contribution in [-0.4, -0.2) is 57.0 Å². The second-order valence-electron chi connectivity index (χ2n) is 8.67. The molecule has 1 aliphatic rings. The van der Waals surface area contributed by atoms with Crippen LogP contribution >= 0.6 is 0 Å². The lowest BCUT2D eigenvalue weighted by molar-refractivity contribution is -0.123. The summed E-state index contributed by atoms with van der Waals surface area (Å²) in [7, 11) is 1.48. The Morgan fingerprint density at radius 1 is 1.15 bits per heavy atom. The monoisotopic (exact) mass is 473 g/mol. The number of carbonyl (C=O) groups is 1. The summed E-state index contributed by atoms with van der Waals surface area (Å²) in [5.41, 5.74) is 2.28. The molecule has 3 rings (SSSR count). The molecule has 1 saturated carbocycles. The second-order valence-corrected chi connectivity index (χ2v) is 8.67.